The number of hydrogen-bond donors (Lipinski definition) is 1. The number of hydrogen-bond acceptors (Lipinski definition) is 5. The maximum absolute atomic E-state index is 12.0. The first kappa shape index (κ1) is 16.4. The molecule has 0 atom stereocenters. The number of thiazole rings is 1. The van der Waals surface area contributed by atoms with Gasteiger partial charge in [0.25, 0.3) is 0 Å². The largest absolute Gasteiger partial charge is 0.356 e. The summed E-state index contributed by atoms with van der Waals surface area (Å²) in [5.74, 6) is 0.621. The minimum absolute atomic E-state index is 0.0539. The molecular formula is C18H19N3O2S. The summed E-state index contributed by atoms with van der Waals surface area (Å²) in [6.07, 6.45) is 1.02. The first-order valence-corrected chi connectivity index (χ1v) is 8.64. The summed E-state index contributed by atoms with van der Waals surface area (Å²) in [5, 5.41) is 7.96. The average molecular weight is 341 g/mol. The molecule has 0 aliphatic heterocycles. The van der Waals surface area contributed by atoms with Gasteiger partial charge >= 0.3 is 0 Å². The predicted octanol–water partition coefficient (Wildman–Crippen LogP) is 3.32. The summed E-state index contributed by atoms with van der Waals surface area (Å²) >= 11 is 1.68. The summed E-state index contributed by atoms with van der Waals surface area (Å²) in [7, 11) is 0. The van der Waals surface area contributed by atoms with E-state index in [4.69, 9.17) is 4.52 Å². The number of benzene rings is 1. The van der Waals surface area contributed by atoms with Gasteiger partial charge in [0.1, 0.15) is 0 Å². The molecule has 0 aliphatic carbocycles. The highest BCUT2D eigenvalue weighted by Crippen LogP contribution is 2.20. The number of nitrogens with zero attached hydrogens (tertiary/aromatic N) is 2. The quantitative estimate of drug-likeness (QED) is 0.747. The van der Waals surface area contributed by atoms with Crippen LogP contribution in [0.2, 0.25) is 0 Å². The fraction of sp³-hybridized carbons (Fsp3) is 0.278. The third-order valence-corrected chi connectivity index (χ3v) is 4.77. The lowest BCUT2D eigenvalue weighted by Gasteiger charge is -2.02. The van der Waals surface area contributed by atoms with Crippen molar-refractivity contribution in [2.24, 2.45) is 0 Å². The summed E-state index contributed by atoms with van der Waals surface area (Å²) in [4.78, 5) is 17.6. The number of carbonyl (C=O) groups excluding carboxylic acids is 1. The Bertz CT molecular complexity index is 824. The fourth-order valence-corrected chi connectivity index (χ4v) is 3.42. The van der Waals surface area contributed by atoms with E-state index in [-0.39, 0.29) is 12.3 Å². The fourth-order valence-electron chi connectivity index (χ4n) is 2.48. The van der Waals surface area contributed by atoms with E-state index < -0.39 is 0 Å². The monoisotopic (exact) mass is 341 g/mol. The molecule has 1 amide bonds. The van der Waals surface area contributed by atoms with Crippen molar-refractivity contribution in [2.45, 2.75) is 26.7 Å². The Kier molecular flexibility index (Phi) is 5.05. The zero-order valence-electron chi connectivity index (χ0n) is 13.7. The molecule has 2 aromatic heterocycles. The molecule has 0 aliphatic rings. The van der Waals surface area contributed by atoms with Crippen LogP contribution in [-0.4, -0.2) is 22.6 Å². The van der Waals surface area contributed by atoms with E-state index >= 15 is 0 Å². The van der Waals surface area contributed by atoms with Crippen LogP contribution >= 0.6 is 11.3 Å². The molecule has 3 aromatic rings. The van der Waals surface area contributed by atoms with Gasteiger partial charge in [0.2, 0.25) is 5.91 Å². The summed E-state index contributed by atoms with van der Waals surface area (Å²) in [6.45, 7) is 4.60. The van der Waals surface area contributed by atoms with Gasteiger partial charge in [-0.1, -0.05) is 35.5 Å². The van der Waals surface area contributed by atoms with Gasteiger partial charge < -0.3 is 9.84 Å². The van der Waals surface area contributed by atoms with E-state index in [1.165, 1.54) is 4.88 Å². The van der Waals surface area contributed by atoms with Crippen molar-refractivity contribution in [3.05, 3.63) is 57.7 Å². The third-order valence-electron chi connectivity index (χ3n) is 3.63. The van der Waals surface area contributed by atoms with Gasteiger partial charge in [0.05, 0.1) is 22.8 Å². The smallest absolute Gasteiger partial charge is 0.226 e. The number of aromatic nitrogens is 2. The lowest BCUT2D eigenvalue weighted by atomic mass is 10.1. The molecule has 3 rings (SSSR count). The molecule has 0 unspecified atom stereocenters. The molecule has 0 radical (unpaired) electrons. The van der Waals surface area contributed by atoms with Crippen molar-refractivity contribution in [2.75, 3.05) is 6.54 Å². The van der Waals surface area contributed by atoms with Crippen molar-refractivity contribution in [3.63, 3.8) is 0 Å². The maximum Gasteiger partial charge on any atom is 0.226 e. The molecule has 24 heavy (non-hydrogen) atoms. The van der Waals surface area contributed by atoms with Crippen molar-refractivity contribution in [3.8, 4) is 11.3 Å². The number of amides is 1. The van der Waals surface area contributed by atoms with Crippen LogP contribution in [0.4, 0.5) is 0 Å². The minimum Gasteiger partial charge on any atom is -0.356 e. The van der Waals surface area contributed by atoms with Gasteiger partial charge in [0.15, 0.2) is 5.76 Å². The number of rotatable bonds is 6. The molecule has 0 fully saturated rings. The second-order valence-corrected chi connectivity index (χ2v) is 6.85. The van der Waals surface area contributed by atoms with E-state index in [9.17, 15) is 4.79 Å². The summed E-state index contributed by atoms with van der Waals surface area (Å²) in [6, 6.07) is 11.5. The van der Waals surface area contributed by atoms with Crippen molar-refractivity contribution in [1.82, 2.24) is 15.5 Å². The molecule has 0 bridgehead atoms. The predicted molar refractivity (Wildman–Crippen MR) is 93.9 cm³/mol. The van der Waals surface area contributed by atoms with E-state index in [0.29, 0.717) is 18.0 Å². The second kappa shape index (κ2) is 7.40. The van der Waals surface area contributed by atoms with Crippen molar-refractivity contribution < 1.29 is 9.32 Å². The van der Waals surface area contributed by atoms with E-state index in [1.807, 2.05) is 50.2 Å². The molecule has 5 nitrogen and oxygen atoms in total. The molecule has 6 heteroatoms. The lowest BCUT2D eigenvalue weighted by molar-refractivity contribution is -0.120. The summed E-state index contributed by atoms with van der Waals surface area (Å²) < 4.78 is 5.31. The van der Waals surface area contributed by atoms with E-state index in [1.54, 1.807) is 11.3 Å². The Labute approximate surface area is 144 Å². The zero-order valence-corrected chi connectivity index (χ0v) is 14.5. The second-order valence-electron chi connectivity index (χ2n) is 5.57. The molecule has 2 heterocycles. The first-order chi connectivity index (χ1) is 11.6. The number of carbonyl (C=O) groups is 1. The summed E-state index contributed by atoms with van der Waals surface area (Å²) in [5.41, 5.74) is 2.64. The molecule has 0 saturated heterocycles. The van der Waals surface area contributed by atoms with Crippen LogP contribution in [0.25, 0.3) is 11.3 Å². The number of nitrogens with one attached hydrogen (secondary N) is 1. The van der Waals surface area contributed by atoms with Gasteiger partial charge in [-0.25, -0.2) is 4.98 Å². The van der Waals surface area contributed by atoms with Gasteiger partial charge in [-0.05, 0) is 13.8 Å². The Morgan fingerprint density at radius 3 is 2.75 bits per heavy atom. The minimum atomic E-state index is -0.0539. The van der Waals surface area contributed by atoms with Crippen LogP contribution in [-0.2, 0) is 17.6 Å². The Hall–Kier alpha value is -2.47. The Morgan fingerprint density at radius 1 is 1.25 bits per heavy atom. The molecule has 1 N–H and O–H groups in total. The van der Waals surface area contributed by atoms with Gasteiger partial charge in [0, 0.05) is 29.5 Å². The highest BCUT2D eigenvalue weighted by Gasteiger charge is 2.11. The molecule has 0 spiro atoms. The highest BCUT2D eigenvalue weighted by atomic mass is 32.1. The average Bonchev–Trinajstić information content (AvgIpc) is 3.15. The Balaban J connectivity index is 1.50. The van der Waals surface area contributed by atoms with Crippen LogP contribution in [0.1, 0.15) is 21.3 Å². The van der Waals surface area contributed by atoms with Crippen LogP contribution in [0, 0.1) is 13.8 Å². The van der Waals surface area contributed by atoms with E-state index in [2.05, 4.69) is 15.5 Å². The third kappa shape index (κ3) is 4.08. The van der Waals surface area contributed by atoms with Crippen LogP contribution in [0.5, 0.6) is 0 Å². The molecule has 1 aromatic carbocycles. The van der Waals surface area contributed by atoms with Crippen molar-refractivity contribution >= 4 is 17.2 Å². The van der Waals surface area contributed by atoms with Gasteiger partial charge in [-0.15, -0.1) is 11.3 Å². The SMILES string of the molecule is Cc1nc(C)c(CCNC(=O)Cc2cc(-c3ccccc3)on2)s1. The molecule has 0 saturated carbocycles. The van der Waals surface area contributed by atoms with Gasteiger partial charge in [-0.3, -0.25) is 4.79 Å². The lowest BCUT2D eigenvalue weighted by Crippen LogP contribution is -2.27. The molecular weight excluding hydrogens is 322 g/mol. The van der Waals surface area contributed by atoms with E-state index in [0.717, 1.165) is 22.7 Å². The first-order valence-electron chi connectivity index (χ1n) is 7.82. The zero-order chi connectivity index (χ0) is 16.9. The highest BCUT2D eigenvalue weighted by molar-refractivity contribution is 7.11. The van der Waals surface area contributed by atoms with Gasteiger partial charge in [-0.2, -0.15) is 0 Å². The Morgan fingerprint density at radius 2 is 2.04 bits per heavy atom. The van der Waals surface area contributed by atoms with Crippen LogP contribution in [0.15, 0.2) is 40.9 Å². The standard InChI is InChI=1S/C18H19N3O2S/c1-12-17(24-13(2)20-12)8-9-19-18(22)11-15-10-16(23-21-15)14-6-4-3-5-7-14/h3-7,10H,8-9,11H2,1-2H3,(H,19,22). The topological polar surface area (TPSA) is 68.0 Å². The number of aryl methyl sites for hydroxylation is 2. The normalized spacial score (nSPS) is 10.8. The maximum atomic E-state index is 12.0. The van der Waals surface area contributed by atoms with Crippen molar-refractivity contribution in [1.29, 1.82) is 0 Å². The van der Waals surface area contributed by atoms with Crippen LogP contribution < -0.4 is 5.32 Å². The van der Waals surface area contributed by atoms with Crippen LogP contribution in [0.3, 0.4) is 0 Å². The molecule has 124 valence electrons.